The van der Waals surface area contributed by atoms with Gasteiger partial charge in [-0.05, 0) is 52.3 Å². The number of pyridine rings is 1. The first-order valence-corrected chi connectivity index (χ1v) is 8.26. The predicted octanol–water partition coefficient (Wildman–Crippen LogP) is 4.20. The van der Waals surface area contributed by atoms with E-state index >= 15 is 0 Å². The van der Waals surface area contributed by atoms with Gasteiger partial charge in [-0.3, -0.25) is 9.89 Å². The van der Waals surface area contributed by atoms with Gasteiger partial charge < -0.3 is 0 Å². The highest BCUT2D eigenvalue weighted by Crippen LogP contribution is 2.30. The van der Waals surface area contributed by atoms with Gasteiger partial charge in [0.1, 0.15) is 0 Å². The summed E-state index contributed by atoms with van der Waals surface area (Å²) in [5, 5.41) is 3.67. The van der Waals surface area contributed by atoms with Crippen LogP contribution in [0.25, 0.3) is 27.3 Å². The van der Waals surface area contributed by atoms with Crippen LogP contribution in [0, 0.1) is 0 Å². The zero-order chi connectivity index (χ0) is 15.1. The van der Waals surface area contributed by atoms with Crippen LogP contribution in [0.1, 0.15) is 0 Å². The number of halogens is 1. The fourth-order valence-electron chi connectivity index (χ4n) is 2.34. The van der Waals surface area contributed by atoms with Crippen molar-refractivity contribution in [2.24, 2.45) is 0 Å². The standard InChI is InChI=1S/C16H10BrN3OS/c17-14-9-8-13(22-14)12-7-6-11-15(18-12)19-20(16(11)21)10-4-2-1-3-5-10/h1-9H,(H,18,19). The minimum atomic E-state index is -0.0902. The maximum absolute atomic E-state index is 12.5. The number of nitrogens with zero attached hydrogens (tertiary/aromatic N) is 2. The highest BCUT2D eigenvalue weighted by Gasteiger charge is 2.11. The number of para-hydroxylation sites is 1. The number of aromatic amines is 1. The molecule has 3 aromatic heterocycles. The second-order valence-corrected chi connectivity index (χ2v) is 7.25. The lowest BCUT2D eigenvalue weighted by molar-refractivity contribution is 0.859. The molecular weight excluding hydrogens is 362 g/mol. The molecule has 0 radical (unpaired) electrons. The molecule has 1 N–H and O–H groups in total. The minimum Gasteiger partial charge on any atom is -0.274 e. The third kappa shape index (κ3) is 2.20. The molecule has 0 bridgehead atoms. The van der Waals surface area contributed by atoms with Crippen molar-refractivity contribution >= 4 is 38.3 Å². The molecule has 0 spiro atoms. The van der Waals surface area contributed by atoms with E-state index in [-0.39, 0.29) is 5.56 Å². The minimum absolute atomic E-state index is 0.0902. The van der Waals surface area contributed by atoms with Crippen LogP contribution < -0.4 is 5.56 Å². The van der Waals surface area contributed by atoms with Crippen molar-refractivity contribution in [2.45, 2.75) is 0 Å². The number of thiophene rings is 1. The van der Waals surface area contributed by atoms with Gasteiger partial charge in [0.25, 0.3) is 5.56 Å². The van der Waals surface area contributed by atoms with Crippen molar-refractivity contribution in [3.8, 4) is 16.3 Å². The predicted molar refractivity (Wildman–Crippen MR) is 92.7 cm³/mol. The molecule has 0 saturated heterocycles. The lowest BCUT2D eigenvalue weighted by Gasteiger charge is -1.99. The Morgan fingerprint density at radius 1 is 1.05 bits per heavy atom. The normalized spacial score (nSPS) is 11.1. The van der Waals surface area contributed by atoms with Gasteiger partial charge in [0.15, 0.2) is 5.65 Å². The van der Waals surface area contributed by atoms with Crippen LogP contribution in [0.3, 0.4) is 0 Å². The first-order valence-electron chi connectivity index (χ1n) is 6.65. The SMILES string of the molecule is O=c1c2ccc(-c3ccc(Br)s3)nc2[nH]n1-c1ccccc1. The molecule has 4 rings (SSSR count). The van der Waals surface area contributed by atoms with Crippen molar-refractivity contribution in [1.82, 2.24) is 14.8 Å². The molecule has 0 fully saturated rings. The van der Waals surface area contributed by atoms with Gasteiger partial charge in [-0.25, -0.2) is 9.67 Å². The molecule has 0 unspecified atom stereocenters. The molecule has 4 aromatic rings. The average Bonchev–Trinajstić information content (AvgIpc) is 3.12. The van der Waals surface area contributed by atoms with Crippen molar-refractivity contribution in [3.63, 3.8) is 0 Å². The Morgan fingerprint density at radius 2 is 1.86 bits per heavy atom. The number of fused-ring (bicyclic) bond motifs is 1. The molecule has 0 amide bonds. The average molecular weight is 372 g/mol. The molecule has 6 heteroatoms. The van der Waals surface area contributed by atoms with Gasteiger partial charge in [-0.15, -0.1) is 11.3 Å². The Kier molecular flexibility index (Phi) is 3.20. The van der Waals surface area contributed by atoms with Crippen LogP contribution in [0.4, 0.5) is 0 Å². The molecule has 0 atom stereocenters. The second-order valence-electron chi connectivity index (χ2n) is 4.78. The largest absolute Gasteiger partial charge is 0.280 e. The number of benzene rings is 1. The molecular formula is C16H10BrN3OS. The summed E-state index contributed by atoms with van der Waals surface area (Å²) in [6, 6.07) is 17.2. The van der Waals surface area contributed by atoms with Gasteiger partial charge >= 0.3 is 0 Å². The highest BCUT2D eigenvalue weighted by molar-refractivity contribution is 9.11. The van der Waals surface area contributed by atoms with Crippen LogP contribution in [0.15, 0.2) is 63.2 Å². The van der Waals surface area contributed by atoms with Crippen molar-refractivity contribution in [2.75, 3.05) is 0 Å². The smallest absolute Gasteiger partial charge is 0.274 e. The number of nitrogens with one attached hydrogen (secondary N) is 1. The van der Waals surface area contributed by atoms with E-state index in [1.54, 1.807) is 11.3 Å². The van der Waals surface area contributed by atoms with Crippen LogP contribution in [-0.4, -0.2) is 14.8 Å². The summed E-state index contributed by atoms with van der Waals surface area (Å²) in [4.78, 5) is 18.1. The fourth-order valence-corrected chi connectivity index (χ4v) is 3.70. The van der Waals surface area contributed by atoms with E-state index in [0.29, 0.717) is 11.0 Å². The summed E-state index contributed by atoms with van der Waals surface area (Å²) in [6.07, 6.45) is 0. The molecule has 108 valence electrons. The second kappa shape index (κ2) is 5.23. The van der Waals surface area contributed by atoms with Crippen LogP contribution in [0.2, 0.25) is 0 Å². The van der Waals surface area contributed by atoms with Crippen LogP contribution in [0.5, 0.6) is 0 Å². The van der Waals surface area contributed by atoms with E-state index in [1.807, 2.05) is 54.6 Å². The maximum atomic E-state index is 12.5. The molecule has 0 aliphatic heterocycles. The summed E-state index contributed by atoms with van der Waals surface area (Å²) < 4.78 is 2.57. The summed E-state index contributed by atoms with van der Waals surface area (Å²) in [6.45, 7) is 0. The zero-order valence-electron chi connectivity index (χ0n) is 11.3. The zero-order valence-corrected chi connectivity index (χ0v) is 13.7. The number of H-pyrrole nitrogens is 1. The van der Waals surface area contributed by atoms with Gasteiger partial charge in [-0.2, -0.15) is 0 Å². The Morgan fingerprint density at radius 3 is 2.59 bits per heavy atom. The first-order chi connectivity index (χ1) is 10.7. The molecule has 0 saturated carbocycles. The first kappa shape index (κ1) is 13.5. The molecule has 22 heavy (non-hydrogen) atoms. The maximum Gasteiger partial charge on any atom is 0.280 e. The summed E-state index contributed by atoms with van der Waals surface area (Å²) in [5.41, 5.74) is 2.15. The Labute approximate surface area is 138 Å². The highest BCUT2D eigenvalue weighted by atomic mass is 79.9. The van der Waals surface area contributed by atoms with Crippen LogP contribution in [-0.2, 0) is 0 Å². The van der Waals surface area contributed by atoms with Gasteiger partial charge in [0.2, 0.25) is 0 Å². The van der Waals surface area contributed by atoms with E-state index in [4.69, 9.17) is 0 Å². The Bertz CT molecular complexity index is 1020. The van der Waals surface area contributed by atoms with E-state index < -0.39 is 0 Å². The van der Waals surface area contributed by atoms with E-state index in [9.17, 15) is 4.79 Å². The third-order valence-electron chi connectivity index (χ3n) is 3.39. The molecule has 4 nitrogen and oxygen atoms in total. The third-order valence-corrected chi connectivity index (χ3v) is 5.03. The lowest BCUT2D eigenvalue weighted by atomic mass is 10.2. The van der Waals surface area contributed by atoms with Crippen molar-refractivity contribution < 1.29 is 0 Å². The van der Waals surface area contributed by atoms with E-state index in [2.05, 4.69) is 26.0 Å². The monoisotopic (exact) mass is 371 g/mol. The molecule has 0 aliphatic carbocycles. The van der Waals surface area contributed by atoms with Gasteiger partial charge in [0, 0.05) is 0 Å². The van der Waals surface area contributed by atoms with Crippen LogP contribution >= 0.6 is 27.3 Å². The topological polar surface area (TPSA) is 50.7 Å². The molecule has 0 aliphatic rings. The Balaban J connectivity index is 1.90. The Hall–Kier alpha value is -2.18. The number of hydrogen-bond donors (Lipinski definition) is 1. The van der Waals surface area contributed by atoms with E-state index in [0.717, 1.165) is 20.0 Å². The number of hydrogen-bond acceptors (Lipinski definition) is 3. The molecule has 1 aromatic carbocycles. The van der Waals surface area contributed by atoms with Crippen molar-refractivity contribution in [1.29, 1.82) is 0 Å². The van der Waals surface area contributed by atoms with Crippen molar-refractivity contribution in [3.05, 3.63) is 68.7 Å². The van der Waals surface area contributed by atoms with Gasteiger partial charge in [0.05, 0.1) is 25.4 Å². The summed E-state index contributed by atoms with van der Waals surface area (Å²) in [5.74, 6) is 0. The quantitative estimate of drug-likeness (QED) is 0.573. The van der Waals surface area contributed by atoms with Gasteiger partial charge in [-0.1, -0.05) is 18.2 Å². The molecule has 3 heterocycles. The fraction of sp³-hybridized carbons (Fsp3) is 0. The summed E-state index contributed by atoms with van der Waals surface area (Å²) in [7, 11) is 0. The van der Waals surface area contributed by atoms with E-state index in [1.165, 1.54) is 4.68 Å². The lowest BCUT2D eigenvalue weighted by Crippen LogP contribution is -2.13. The number of rotatable bonds is 2. The number of aromatic nitrogens is 3. The summed E-state index contributed by atoms with van der Waals surface area (Å²) >= 11 is 5.07.